The minimum absolute atomic E-state index is 0.116. The summed E-state index contributed by atoms with van der Waals surface area (Å²) < 4.78 is 5.01. The van der Waals surface area contributed by atoms with Gasteiger partial charge in [-0.2, -0.15) is 0 Å². The zero-order chi connectivity index (χ0) is 10.6. The minimum atomic E-state index is 0.116. The highest BCUT2D eigenvalue weighted by Crippen LogP contribution is 2.38. The molecule has 1 aromatic carbocycles. The number of thioether (sulfide) groups is 1. The summed E-state index contributed by atoms with van der Waals surface area (Å²) in [4.78, 5) is 0.853. The number of halogens is 2. The molecule has 1 N–H and O–H groups in total. The molecule has 0 radical (unpaired) electrons. The van der Waals surface area contributed by atoms with Gasteiger partial charge in [-0.25, -0.2) is 0 Å². The number of ether oxygens (including phenoxy) is 1. The predicted molar refractivity (Wildman–Crippen MR) is 60.8 cm³/mol. The van der Waals surface area contributed by atoms with Crippen LogP contribution in [0.15, 0.2) is 17.0 Å². The summed E-state index contributed by atoms with van der Waals surface area (Å²) in [6.07, 6.45) is 0. The van der Waals surface area contributed by atoms with E-state index in [1.807, 2.05) is 6.07 Å². The molecule has 1 rings (SSSR count). The van der Waals surface area contributed by atoms with Gasteiger partial charge in [0.05, 0.1) is 18.7 Å². The highest BCUT2D eigenvalue weighted by Gasteiger charge is 2.10. The molecule has 0 fully saturated rings. The summed E-state index contributed by atoms with van der Waals surface area (Å²) in [6, 6.07) is 3.58. The molecular weight excluding hydrogens is 243 g/mol. The Kier molecular flexibility index (Phi) is 4.89. The van der Waals surface area contributed by atoms with Crippen molar-refractivity contribution < 1.29 is 9.84 Å². The smallest absolute Gasteiger partial charge is 0.139 e. The van der Waals surface area contributed by atoms with Gasteiger partial charge in [-0.15, -0.1) is 11.8 Å². The van der Waals surface area contributed by atoms with Crippen molar-refractivity contribution in [2.75, 3.05) is 19.5 Å². The lowest BCUT2D eigenvalue weighted by atomic mass is 10.3. The van der Waals surface area contributed by atoms with E-state index in [1.54, 1.807) is 6.07 Å². The lowest BCUT2D eigenvalue weighted by Gasteiger charge is -2.08. The molecule has 14 heavy (non-hydrogen) atoms. The number of hydrogen-bond acceptors (Lipinski definition) is 3. The van der Waals surface area contributed by atoms with E-state index in [9.17, 15) is 0 Å². The average Bonchev–Trinajstić information content (AvgIpc) is 2.20. The first kappa shape index (κ1) is 12.0. The van der Waals surface area contributed by atoms with Gasteiger partial charge in [0.1, 0.15) is 10.8 Å². The van der Waals surface area contributed by atoms with Crippen LogP contribution in [0.4, 0.5) is 0 Å². The first-order valence-electron chi connectivity index (χ1n) is 3.96. The second kappa shape index (κ2) is 5.71. The van der Waals surface area contributed by atoms with Crippen molar-refractivity contribution in [3.8, 4) is 5.75 Å². The Morgan fingerprint density at radius 3 is 2.64 bits per heavy atom. The van der Waals surface area contributed by atoms with Crippen LogP contribution in [0.5, 0.6) is 5.75 Å². The monoisotopic (exact) mass is 252 g/mol. The maximum absolute atomic E-state index is 8.67. The molecule has 0 saturated heterocycles. The fourth-order valence-electron chi connectivity index (χ4n) is 0.939. The van der Waals surface area contributed by atoms with Crippen LogP contribution in [0, 0.1) is 0 Å². The largest absolute Gasteiger partial charge is 0.495 e. The summed E-state index contributed by atoms with van der Waals surface area (Å²) in [5.41, 5.74) is 0. The highest BCUT2D eigenvalue weighted by molar-refractivity contribution is 7.99. The Hall–Kier alpha value is -0.0900. The van der Waals surface area contributed by atoms with Crippen molar-refractivity contribution in [1.29, 1.82) is 0 Å². The normalized spacial score (nSPS) is 10.3. The van der Waals surface area contributed by atoms with E-state index in [1.165, 1.54) is 18.9 Å². The maximum atomic E-state index is 8.67. The molecule has 5 heteroatoms. The number of aliphatic hydroxyl groups is 1. The molecule has 0 aliphatic rings. The van der Waals surface area contributed by atoms with Gasteiger partial charge in [0.2, 0.25) is 0 Å². The molecule has 0 aromatic heterocycles. The summed E-state index contributed by atoms with van der Waals surface area (Å²) in [6.45, 7) is 0.116. The average molecular weight is 253 g/mol. The van der Waals surface area contributed by atoms with Gasteiger partial charge in [0.15, 0.2) is 0 Å². The predicted octanol–water partition coefficient (Wildman–Crippen LogP) is 3.09. The van der Waals surface area contributed by atoms with E-state index in [0.717, 1.165) is 4.90 Å². The van der Waals surface area contributed by atoms with Gasteiger partial charge in [0.25, 0.3) is 0 Å². The lowest BCUT2D eigenvalue weighted by molar-refractivity contribution is 0.322. The van der Waals surface area contributed by atoms with E-state index in [2.05, 4.69) is 0 Å². The van der Waals surface area contributed by atoms with E-state index >= 15 is 0 Å². The van der Waals surface area contributed by atoms with E-state index in [-0.39, 0.29) is 6.61 Å². The zero-order valence-electron chi connectivity index (χ0n) is 7.59. The SMILES string of the molecule is COc1ccc(SCCO)c(Cl)c1Cl. The van der Waals surface area contributed by atoms with Crippen molar-refractivity contribution in [3.63, 3.8) is 0 Å². The molecule has 0 amide bonds. The second-order valence-electron chi connectivity index (χ2n) is 2.47. The number of methoxy groups -OCH3 is 1. The fraction of sp³-hybridized carbons (Fsp3) is 0.333. The maximum Gasteiger partial charge on any atom is 0.139 e. The van der Waals surface area contributed by atoms with Gasteiger partial charge in [0, 0.05) is 10.6 Å². The van der Waals surface area contributed by atoms with Gasteiger partial charge in [-0.3, -0.25) is 0 Å². The molecular formula is C9H10Cl2O2S. The summed E-state index contributed by atoms with van der Waals surface area (Å²) in [7, 11) is 1.54. The van der Waals surface area contributed by atoms with E-state index in [0.29, 0.717) is 21.5 Å². The van der Waals surface area contributed by atoms with Crippen LogP contribution >= 0.6 is 35.0 Å². The number of hydrogen-bond donors (Lipinski definition) is 1. The van der Waals surface area contributed by atoms with Crippen LogP contribution in [0.1, 0.15) is 0 Å². The van der Waals surface area contributed by atoms with Crippen molar-refractivity contribution in [2.24, 2.45) is 0 Å². The van der Waals surface area contributed by atoms with Gasteiger partial charge in [-0.05, 0) is 12.1 Å². The van der Waals surface area contributed by atoms with Crippen molar-refractivity contribution in [2.45, 2.75) is 4.90 Å². The minimum Gasteiger partial charge on any atom is -0.495 e. The molecule has 0 atom stereocenters. The third kappa shape index (κ3) is 2.70. The summed E-state index contributed by atoms with van der Waals surface area (Å²) in [5.74, 6) is 1.16. The molecule has 0 aliphatic carbocycles. The van der Waals surface area contributed by atoms with E-state index in [4.69, 9.17) is 33.0 Å². The van der Waals surface area contributed by atoms with Crippen LogP contribution in [-0.4, -0.2) is 24.6 Å². The first-order valence-corrected chi connectivity index (χ1v) is 5.70. The Labute approximate surface area is 97.2 Å². The van der Waals surface area contributed by atoms with Crippen LogP contribution in [0.2, 0.25) is 10.0 Å². The van der Waals surface area contributed by atoms with Gasteiger partial charge < -0.3 is 9.84 Å². The first-order chi connectivity index (χ1) is 6.70. The number of aliphatic hydroxyl groups excluding tert-OH is 1. The Bertz CT molecular complexity index is 318. The fourth-order valence-corrected chi connectivity index (χ4v) is 2.26. The Morgan fingerprint density at radius 2 is 2.07 bits per heavy atom. The third-order valence-corrected chi connectivity index (χ3v) is 3.59. The van der Waals surface area contributed by atoms with Crippen LogP contribution < -0.4 is 4.74 Å². The van der Waals surface area contributed by atoms with Crippen LogP contribution in [-0.2, 0) is 0 Å². The van der Waals surface area contributed by atoms with Crippen molar-refractivity contribution >= 4 is 35.0 Å². The summed E-state index contributed by atoms with van der Waals surface area (Å²) in [5, 5.41) is 9.56. The number of benzene rings is 1. The van der Waals surface area contributed by atoms with Gasteiger partial charge >= 0.3 is 0 Å². The molecule has 0 unspecified atom stereocenters. The Balaban J connectivity index is 2.92. The third-order valence-electron chi connectivity index (χ3n) is 1.58. The molecule has 0 aliphatic heterocycles. The molecule has 1 aromatic rings. The van der Waals surface area contributed by atoms with E-state index < -0.39 is 0 Å². The van der Waals surface area contributed by atoms with Crippen molar-refractivity contribution in [1.82, 2.24) is 0 Å². The molecule has 0 saturated carbocycles. The summed E-state index contributed by atoms with van der Waals surface area (Å²) >= 11 is 13.4. The van der Waals surface area contributed by atoms with Crippen molar-refractivity contribution in [3.05, 3.63) is 22.2 Å². The molecule has 78 valence electrons. The topological polar surface area (TPSA) is 29.5 Å². The number of rotatable bonds is 4. The standard InChI is InChI=1S/C9H10Cl2O2S/c1-13-6-2-3-7(14-5-4-12)9(11)8(6)10/h2-3,12H,4-5H2,1H3. The van der Waals surface area contributed by atoms with Crippen LogP contribution in [0.3, 0.4) is 0 Å². The molecule has 0 bridgehead atoms. The van der Waals surface area contributed by atoms with Crippen LogP contribution in [0.25, 0.3) is 0 Å². The lowest BCUT2D eigenvalue weighted by Crippen LogP contribution is -1.89. The molecule has 0 spiro atoms. The molecule has 0 heterocycles. The highest BCUT2D eigenvalue weighted by atomic mass is 35.5. The quantitative estimate of drug-likeness (QED) is 0.836. The second-order valence-corrected chi connectivity index (χ2v) is 4.36. The molecule has 2 nitrogen and oxygen atoms in total. The van der Waals surface area contributed by atoms with Gasteiger partial charge in [-0.1, -0.05) is 23.2 Å². The Morgan fingerprint density at radius 1 is 1.36 bits per heavy atom. The zero-order valence-corrected chi connectivity index (χ0v) is 9.92.